The molecule has 0 saturated carbocycles. The SMILES string of the molecule is COC(=O)c1cc(-c2cnc3c(c2)c(-c2ccccc2OC)cn3S(=O)(=O)c2ccc(C)cc2)cc(F)c1O.COC(=O)c1cc(Br)cc(F)c1O.COc1ccccc1-c1c[nH]c2ncc(-c3cc(F)c(O)c(C(=O)N(C)C)c3)cc12.O=C(O)c1cccc(F)c1O. The van der Waals surface area contributed by atoms with Crippen LogP contribution in [0.2, 0.25) is 0 Å². The third kappa shape index (κ3) is 14.5. The van der Waals surface area contributed by atoms with E-state index in [4.69, 9.17) is 24.8 Å². The van der Waals surface area contributed by atoms with Crippen LogP contribution in [0.15, 0.2) is 174 Å². The van der Waals surface area contributed by atoms with E-state index in [1.165, 1.54) is 66.9 Å². The number of halogens is 5. The molecule has 0 aliphatic rings. The molecular weight excluding hydrogens is 1300 g/mol. The molecule has 11 aromatic rings. The fourth-order valence-corrected chi connectivity index (χ4v) is 11.1. The minimum absolute atomic E-state index is 0.0887. The molecule has 11 rings (SSSR count). The number of aromatic hydroxyl groups is 4. The molecule has 0 aliphatic heterocycles. The molecule has 0 radical (unpaired) electrons. The molecule has 7 aromatic carbocycles. The molecule has 0 atom stereocenters. The van der Waals surface area contributed by atoms with E-state index in [1.54, 1.807) is 69.9 Å². The van der Waals surface area contributed by atoms with Crippen LogP contribution in [0.1, 0.15) is 47.0 Å². The first-order chi connectivity index (χ1) is 44.2. The Bertz CT molecular complexity index is 4810. The number of hydrogen-bond acceptors (Lipinski definition) is 16. The number of carboxylic acids is 1. The normalized spacial score (nSPS) is 10.8. The molecule has 1 amide bonds. The molecule has 0 saturated heterocycles. The van der Waals surface area contributed by atoms with Gasteiger partial charge in [0.2, 0.25) is 0 Å². The highest BCUT2D eigenvalue weighted by molar-refractivity contribution is 9.10. The number of phenols is 4. The Hall–Kier alpha value is -11.3. The van der Waals surface area contributed by atoms with Gasteiger partial charge < -0.3 is 54.4 Å². The molecule has 93 heavy (non-hydrogen) atoms. The summed E-state index contributed by atoms with van der Waals surface area (Å²) in [5.74, 6) is -8.97. The molecule has 4 aromatic heterocycles. The van der Waals surface area contributed by atoms with Gasteiger partial charge in [0.15, 0.2) is 51.9 Å². The number of para-hydroxylation sites is 3. The number of carbonyl (C=O) groups excluding carboxylic acids is 3. The smallest absolute Gasteiger partial charge is 0.341 e. The number of pyridine rings is 2. The van der Waals surface area contributed by atoms with Gasteiger partial charge in [-0.3, -0.25) is 4.79 Å². The van der Waals surface area contributed by atoms with Crippen molar-refractivity contribution in [2.24, 2.45) is 0 Å². The Morgan fingerprint density at radius 3 is 1.58 bits per heavy atom. The minimum atomic E-state index is -4.04. The molecule has 26 heteroatoms. The number of aryl methyl sites for hydroxylation is 1. The van der Waals surface area contributed by atoms with Crippen LogP contribution in [0.4, 0.5) is 17.6 Å². The molecular formula is C67H54BrF4N5O15S. The summed E-state index contributed by atoms with van der Waals surface area (Å²) in [6.07, 6.45) is 6.30. The molecule has 0 unspecified atom stereocenters. The molecule has 0 fully saturated rings. The summed E-state index contributed by atoms with van der Waals surface area (Å²) in [5.41, 5.74) is 5.24. The lowest BCUT2D eigenvalue weighted by Gasteiger charge is -2.13. The van der Waals surface area contributed by atoms with Gasteiger partial charge in [-0.25, -0.2) is 54.3 Å². The maximum atomic E-state index is 14.6. The highest BCUT2D eigenvalue weighted by atomic mass is 79.9. The number of aromatic nitrogens is 4. The second kappa shape index (κ2) is 28.7. The van der Waals surface area contributed by atoms with Crippen molar-refractivity contribution >= 4 is 71.8 Å². The quantitative estimate of drug-likeness (QED) is 0.0489. The van der Waals surface area contributed by atoms with Crippen LogP contribution in [0, 0.1) is 30.2 Å². The zero-order chi connectivity index (χ0) is 67.7. The average molecular weight is 1360 g/mol. The van der Waals surface area contributed by atoms with Crippen LogP contribution >= 0.6 is 15.9 Å². The number of fused-ring (bicyclic) bond motifs is 2. The number of methoxy groups -OCH3 is 4. The summed E-state index contributed by atoms with van der Waals surface area (Å²) in [6, 6.07) is 35.5. The Balaban J connectivity index is 0.000000180. The van der Waals surface area contributed by atoms with E-state index >= 15 is 0 Å². The molecule has 4 heterocycles. The molecule has 0 bridgehead atoms. The van der Waals surface area contributed by atoms with E-state index in [0.29, 0.717) is 49.1 Å². The Kier molecular flexibility index (Phi) is 20.9. The lowest BCUT2D eigenvalue weighted by atomic mass is 9.99. The highest BCUT2D eigenvalue weighted by Crippen LogP contribution is 2.41. The van der Waals surface area contributed by atoms with Crippen molar-refractivity contribution in [2.45, 2.75) is 11.8 Å². The first-order valence-corrected chi connectivity index (χ1v) is 29.4. The first kappa shape index (κ1) is 67.7. The molecule has 478 valence electrons. The van der Waals surface area contributed by atoms with E-state index in [1.807, 2.05) is 43.5 Å². The number of benzene rings is 7. The van der Waals surface area contributed by atoms with Crippen LogP contribution in [-0.2, 0) is 19.5 Å². The number of hydrogen-bond donors (Lipinski definition) is 6. The third-order valence-electron chi connectivity index (χ3n) is 14.0. The number of nitrogens with one attached hydrogen (secondary N) is 1. The van der Waals surface area contributed by atoms with Gasteiger partial charge in [-0.05, 0) is 103 Å². The number of H-pyrrole nitrogens is 1. The molecule has 20 nitrogen and oxygen atoms in total. The standard InChI is InChI=1S/C29H23FN2O6S.C23H20FN3O3.C8H6BrFO3.C7H5FO3/c1-17-8-10-20(11-9-17)39(35,36)32-16-24(21-6-4-5-7-26(21)37-2)22-13-19(15-31-28(22)32)18-12-23(29(34)38-3)27(33)25(30)14-18;1-27(2)23(29)17-8-13(10-19(24)21(17)28)14-9-16-18(12-26-22(16)25-11-14)15-6-4-5-7-20(15)30-3;1-13-8(12)5-2-4(9)3-6(10)7(5)11;8-5-3-1-2-4(6(5)9)7(10)11/h4-16,33H,1-3H3;4-12,28H,1-3H3,(H,25,26);2-3,11H,1H3;1-3,9H,(H,10,11). The summed E-state index contributed by atoms with van der Waals surface area (Å²) in [6.45, 7) is 1.86. The van der Waals surface area contributed by atoms with E-state index in [9.17, 15) is 55.4 Å². The zero-order valence-electron chi connectivity index (χ0n) is 50.0. The first-order valence-electron chi connectivity index (χ1n) is 27.1. The van der Waals surface area contributed by atoms with E-state index in [2.05, 4.69) is 40.4 Å². The monoisotopic (exact) mass is 1360 g/mol. The van der Waals surface area contributed by atoms with Crippen molar-refractivity contribution in [1.82, 2.24) is 23.8 Å². The number of esters is 2. The Labute approximate surface area is 535 Å². The summed E-state index contributed by atoms with van der Waals surface area (Å²) >= 11 is 2.99. The van der Waals surface area contributed by atoms with E-state index in [-0.39, 0.29) is 32.8 Å². The molecule has 0 aliphatic carbocycles. The zero-order valence-corrected chi connectivity index (χ0v) is 52.4. The van der Waals surface area contributed by atoms with Crippen LogP contribution in [-0.4, -0.2) is 124 Å². The third-order valence-corrected chi connectivity index (χ3v) is 16.1. The highest BCUT2D eigenvalue weighted by Gasteiger charge is 2.27. The molecule has 0 spiro atoms. The topological polar surface area (TPSA) is 290 Å². The number of ether oxygens (including phenoxy) is 4. The average Bonchev–Trinajstić information content (AvgIpc) is 1.62. The number of carboxylic acid groups (broad SMARTS) is 1. The van der Waals surface area contributed by atoms with Gasteiger partial charge >= 0.3 is 17.9 Å². The van der Waals surface area contributed by atoms with Gasteiger partial charge in [-0.2, -0.15) is 0 Å². The number of nitrogens with zero attached hydrogens (tertiary/aromatic N) is 4. The van der Waals surface area contributed by atoms with Crippen molar-refractivity contribution in [3.05, 3.63) is 220 Å². The predicted octanol–water partition coefficient (Wildman–Crippen LogP) is 13.3. The number of carbonyl (C=O) groups is 4. The summed E-state index contributed by atoms with van der Waals surface area (Å²) in [7, 11) is 4.44. The second-order valence-corrected chi connectivity index (χ2v) is 22.8. The van der Waals surface area contributed by atoms with Gasteiger partial charge in [0, 0.05) is 87.5 Å². The lowest BCUT2D eigenvalue weighted by molar-refractivity contribution is 0.0587. The van der Waals surface area contributed by atoms with Crippen molar-refractivity contribution in [2.75, 3.05) is 42.5 Å². The summed E-state index contributed by atoms with van der Waals surface area (Å²) < 4.78 is 103. The number of aromatic amines is 1. The van der Waals surface area contributed by atoms with Gasteiger partial charge in [0.1, 0.15) is 33.8 Å². The van der Waals surface area contributed by atoms with Crippen molar-refractivity contribution < 1.29 is 89.6 Å². The number of aromatic carboxylic acids is 1. The van der Waals surface area contributed by atoms with Crippen molar-refractivity contribution in [3.63, 3.8) is 0 Å². The Morgan fingerprint density at radius 1 is 0.548 bits per heavy atom. The fourth-order valence-electron chi connectivity index (χ4n) is 9.30. The maximum absolute atomic E-state index is 14.6. The largest absolute Gasteiger partial charge is 0.504 e. The van der Waals surface area contributed by atoms with Crippen LogP contribution in [0.25, 0.3) is 66.6 Å². The minimum Gasteiger partial charge on any atom is -0.504 e. The van der Waals surface area contributed by atoms with Crippen molar-refractivity contribution in [1.29, 1.82) is 0 Å². The van der Waals surface area contributed by atoms with Gasteiger partial charge in [-0.15, -0.1) is 0 Å². The summed E-state index contributed by atoms with van der Waals surface area (Å²) in [5, 5.41) is 47.6. The lowest BCUT2D eigenvalue weighted by Crippen LogP contribution is -2.22. The second-order valence-electron chi connectivity index (χ2n) is 20.1. The molecule has 6 N–H and O–H groups in total. The maximum Gasteiger partial charge on any atom is 0.341 e. The van der Waals surface area contributed by atoms with Gasteiger partial charge in [0.25, 0.3) is 15.9 Å². The van der Waals surface area contributed by atoms with Crippen LogP contribution < -0.4 is 9.47 Å². The van der Waals surface area contributed by atoms with E-state index in [0.717, 1.165) is 70.3 Å². The van der Waals surface area contributed by atoms with Crippen LogP contribution in [0.3, 0.4) is 0 Å². The van der Waals surface area contributed by atoms with E-state index < -0.39 is 85.7 Å². The Morgan fingerprint density at radius 2 is 1.04 bits per heavy atom. The number of phenolic OH excluding ortho intramolecular Hbond substituents is 3. The van der Waals surface area contributed by atoms with Crippen molar-refractivity contribution in [3.8, 4) is 79.0 Å². The fraction of sp³-hybridized carbons (Fsp3) is 0.104. The van der Waals surface area contributed by atoms with Crippen LogP contribution in [0.5, 0.6) is 34.5 Å². The predicted molar refractivity (Wildman–Crippen MR) is 339 cm³/mol. The number of rotatable bonds is 12. The summed E-state index contributed by atoms with van der Waals surface area (Å²) in [4.78, 5) is 59.1. The van der Waals surface area contributed by atoms with Gasteiger partial charge in [0.05, 0.1) is 38.9 Å². The van der Waals surface area contributed by atoms with Gasteiger partial charge in [-0.1, -0.05) is 76.1 Å². The number of amides is 1.